The van der Waals surface area contributed by atoms with Crippen LogP contribution in [0.3, 0.4) is 0 Å². The van der Waals surface area contributed by atoms with Crippen molar-refractivity contribution < 1.29 is 16.8 Å². The van der Waals surface area contributed by atoms with E-state index >= 15 is 0 Å². The first kappa shape index (κ1) is 17.7. The standard InChI is InChI=1S/C14H20ClNO4S2/c1-3-11-6-4-5-9-16(11)22(19,20)14-10-12(21(2,17)18)7-8-13(14)15/h7-8,10-11H,3-6,9H2,1-2H3. The Morgan fingerprint density at radius 1 is 1.23 bits per heavy atom. The van der Waals surface area contributed by atoms with Gasteiger partial charge >= 0.3 is 0 Å². The fraction of sp³-hybridized carbons (Fsp3) is 0.571. The Kier molecular flexibility index (Phi) is 5.21. The number of rotatable bonds is 4. The smallest absolute Gasteiger partial charge is 0.224 e. The summed E-state index contributed by atoms with van der Waals surface area (Å²) in [6, 6.07) is 3.76. The molecule has 1 saturated heterocycles. The van der Waals surface area contributed by atoms with Crippen LogP contribution in [0.4, 0.5) is 0 Å². The predicted octanol–water partition coefficient (Wildman–Crippen LogP) is 2.70. The van der Waals surface area contributed by atoms with E-state index in [4.69, 9.17) is 11.6 Å². The monoisotopic (exact) mass is 365 g/mol. The molecule has 0 aromatic heterocycles. The molecule has 1 atom stereocenters. The number of sulfonamides is 1. The van der Waals surface area contributed by atoms with Crippen LogP contribution in [0.15, 0.2) is 28.0 Å². The van der Waals surface area contributed by atoms with Gasteiger partial charge in [0.1, 0.15) is 4.90 Å². The normalized spacial score (nSPS) is 21.0. The average molecular weight is 366 g/mol. The van der Waals surface area contributed by atoms with Crippen molar-refractivity contribution in [2.45, 2.75) is 48.4 Å². The van der Waals surface area contributed by atoms with E-state index in [0.717, 1.165) is 38.0 Å². The highest BCUT2D eigenvalue weighted by Gasteiger charge is 2.34. The minimum atomic E-state index is -3.80. The molecule has 1 heterocycles. The van der Waals surface area contributed by atoms with Gasteiger partial charge in [-0.3, -0.25) is 0 Å². The maximum Gasteiger partial charge on any atom is 0.244 e. The molecule has 0 spiro atoms. The first-order chi connectivity index (χ1) is 10.2. The van der Waals surface area contributed by atoms with Crippen molar-refractivity contribution in [3.63, 3.8) is 0 Å². The number of hydrogen-bond donors (Lipinski definition) is 0. The highest BCUT2D eigenvalue weighted by atomic mass is 35.5. The number of hydrogen-bond acceptors (Lipinski definition) is 4. The third-order valence-corrected chi connectivity index (χ3v) is 7.51. The Morgan fingerprint density at radius 2 is 1.91 bits per heavy atom. The molecule has 22 heavy (non-hydrogen) atoms. The molecule has 0 amide bonds. The maximum atomic E-state index is 12.9. The molecule has 1 unspecified atom stereocenters. The van der Waals surface area contributed by atoms with E-state index in [-0.39, 0.29) is 20.9 Å². The molecule has 5 nitrogen and oxygen atoms in total. The van der Waals surface area contributed by atoms with Crippen LogP contribution < -0.4 is 0 Å². The first-order valence-corrected chi connectivity index (χ1v) is 10.9. The lowest BCUT2D eigenvalue weighted by Crippen LogP contribution is -2.43. The molecule has 8 heteroatoms. The minimum Gasteiger partial charge on any atom is -0.224 e. The molecule has 0 bridgehead atoms. The zero-order valence-electron chi connectivity index (χ0n) is 12.6. The SMILES string of the molecule is CCC1CCCCN1S(=O)(=O)c1cc(S(C)(=O)=O)ccc1Cl. The summed E-state index contributed by atoms with van der Waals surface area (Å²) in [5, 5.41) is 0.0489. The van der Waals surface area contributed by atoms with Gasteiger partial charge in [0.2, 0.25) is 10.0 Å². The molecular formula is C14H20ClNO4S2. The van der Waals surface area contributed by atoms with Crippen molar-refractivity contribution in [1.29, 1.82) is 0 Å². The molecular weight excluding hydrogens is 346 g/mol. The highest BCUT2D eigenvalue weighted by Crippen LogP contribution is 2.32. The van der Waals surface area contributed by atoms with E-state index in [1.807, 2.05) is 6.92 Å². The van der Waals surface area contributed by atoms with Crippen molar-refractivity contribution in [2.75, 3.05) is 12.8 Å². The molecule has 0 saturated carbocycles. The number of benzene rings is 1. The van der Waals surface area contributed by atoms with Crippen molar-refractivity contribution in [3.8, 4) is 0 Å². The van der Waals surface area contributed by atoms with Gasteiger partial charge in [-0.15, -0.1) is 0 Å². The number of sulfone groups is 1. The second kappa shape index (κ2) is 6.47. The van der Waals surface area contributed by atoms with Crippen LogP contribution in [0.1, 0.15) is 32.6 Å². The molecule has 2 rings (SSSR count). The summed E-state index contributed by atoms with van der Waals surface area (Å²) in [5.74, 6) is 0. The lowest BCUT2D eigenvalue weighted by Gasteiger charge is -2.34. The molecule has 0 N–H and O–H groups in total. The summed E-state index contributed by atoms with van der Waals surface area (Å²) < 4.78 is 50.6. The van der Waals surface area contributed by atoms with E-state index in [2.05, 4.69) is 0 Å². The number of halogens is 1. The van der Waals surface area contributed by atoms with Gasteiger partial charge in [-0.1, -0.05) is 24.9 Å². The largest absolute Gasteiger partial charge is 0.244 e. The van der Waals surface area contributed by atoms with E-state index < -0.39 is 19.9 Å². The number of nitrogens with zero attached hydrogens (tertiary/aromatic N) is 1. The molecule has 1 aliphatic rings. The Labute approximate surface area is 137 Å². The van der Waals surface area contributed by atoms with Crippen molar-refractivity contribution >= 4 is 31.5 Å². The summed E-state index contributed by atoms with van der Waals surface area (Å²) in [7, 11) is -7.29. The van der Waals surface area contributed by atoms with Crippen LogP contribution in [-0.4, -0.2) is 40.0 Å². The third-order valence-electron chi connectivity index (χ3n) is 3.96. The van der Waals surface area contributed by atoms with Gasteiger partial charge in [-0.2, -0.15) is 4.31 Å². The van der Waals surface area contributed by atoms with Gasteiger partial charge in [0.05, 0.1) is 9.92 Å². The summed E-state index contributed by atoms with van der Waals surface area (Å²) in [6.07, 6.45) is 4.39. The van der Waals surface area contributed by atoms with Crippen LogP contribution in [0.25, 0.3) is 0 Å². The van der Waals surface area contributed by atoms with Crippen LogP contribution in [0.5, 0.6) is 0 Å². The lowest BCUT2D eigenvalue weighted by molar-refractivity contribution is 0.246. The quantitative estimate of drug-likeness (QED) is 0.822. The molecule has 124 valence electrons. The predicted molar refractivity (Wildman–Crippen MR) is 86.4 cm³/mol. The van der Waals surface area contributed by atoms with Crippen molar-refractivity contribution in [1.82, 2.24) is 4.31 Å². The van der Waals surface area contributed by atoms with Crippen molar-refractivity contribution in [3.05, 3.63) is 23.2 Å². The van der Waals surface area contributed by atoms with E-state index in [1.165, 1.54) is 16.4 Å². The molecule has 0 radical (unpaired) electrons. The Balaban J connectivity index is 2.53. The Hall–Kier alpha value is -0.630. The molecule has 1 aromatic rings. The van der Waals surface area contributed by atoms with Crippen LogP contribution in [0, 0.1) is 0 Å². The lowest BCUT2D eigenvalue weighted by atomic mass is 10.0. The second-order valence-electron chi connectivity index (χ2n) is 5.54. The Bertz CT molecular complexity index is 759. The van der Waals surface area contributed by atoms with Gasteiger partial charge < -0.3 is 0 Å². The van der Waals surface area contributed by atoms with Gasteiger partial charge in [-0.25, -0.2) is 16.8 Å². The van der Waals surface area contributed by atoms with Gasteiger partial charge in [0.15, 0.2) is 9.84 Å². The van der Waals surface area contributed by atoms with E-state index in [1.54, 1.807) is 0 Å². The Morgan fingerprint density at radius 3 is 2.50 bits per heavy atom. The topological polar surface area (TPSA) is 71.5 Å². The van der Waals surface area contributed by atoms with Gasteiger partial charge in [0, 0.05) is 18.8 Å². The summed E-state index contributed by atoms with van der Waals surface area (Å²) >= 11 is 6.04. The fourth-order valence-corrected chi connectivity index (χ4v) is 5.73. The maximum absolute atomic E-state index is 12.9. The zero-order valence-corrected chi connectivity index (χ0v) is 15.0. The van der Waals surface area contributed by atoms with E-state index in [9.17, 15) is 16.8 Å². The zero-order chi connectivity index (χ0) is 16.5. The summed E-state index contributed by atoms with van der Waals surface area (Å²) in [5.41, 5.74) is 0. The fourth-order valence-electron chi connectivity index (χ4n) is 2.74. The molecule has 1 fully saturated rings. The van der Waals surface area contributed by atoms with Crippen LogP contribution >= 0.6 is 11.6 Å². The average Bonchev–Trinajstić information content (AvgIpc) is 2.46. The molecule has 1 aliphatic heterocycles. The highest BCUT2D eigenvalue weighted by molar-refractivity contribution is 7.91. The van der Waals surface area contributed by atoms with E-state index in [0.29, 0.717) is 6.54 Å². The summed E-state index contributed by atoms with van der Waals surface area (Å²) in [4.78, 5) is -0.169. The molecule has 1 aromatic carbocycles. The number of piperidine rings is 1. The minimum absolute atomic E-state index is 0.0412. The third kappa shape index (κ3) is 3.48. The van der Waals surface area contributed by atoms with Crippen molar-refractivity contribution in [2.24, 2.45) is 0 Å². The molecule has 0 aliphatic carbocycles. The summed E-state index contributed by atoms with van der Waals surface area (Å²) in [6.45, 7) is 2.40. The van der Waals surface area contributed by atoms with Crippen LogP contribution in [0.2, 0.25) is 5.02 Å². The first-order valence-electron chi connectivity index (χ1n) is 7.19. The van der Waals surface area contributed by atoms with Gasteiger partial charge in [0.25, 0.3) is 0 Å². The second-order valence-corrected chi connectivity index (χ2v) is 9.82. The van der Waals surface area contributed by atoms with Gasteiger partial charge in [-0.05, 0) is 37.5 Å². The van der Waals surface area contributed by atoms with Crippen LogP contribution in [-0.2, 0) is 19.9 Å².